The molecule has 24 heavy (non-hydrogen) atoms. The number of aromatic nitrogens is 3. The summed E-state index contributed by atoms with van der Waals surface area (Å²) in [6.45, 7) is 0. The number of rotatable bonds is 3. The van der Waals surface area contributed by atoms with Gasteiger partial charge < -0.3 is 20.5 Å². The lowest BCUT2D eigenvalue weighted by molar-refractivity contribution is 0.126. The highest BCUT2D eigenvalue weighted by Gasteiger charge is 2.21. The van der Waals surface area contributed by atoms with E-state index < -0.39 is 0 Å². The molecule has 0 amide bonds. The molecule has 0 atom stereocenters. The summed E-state index contributed by atoms with van der Waals surface area (Å²) in [5, 5.41) is 23.8. The Morgan fingerprint density at radius 2 is 1.92 bits per heavy atom. The van der Waals surface area contributed by atoms with Crippen LogP contribution in [0.1, 0.15) is 25.7 Å². The molecule has 0 saturated heterocycles. The summed E-state index contributed by atoms with van der Waals surface area (Å²) in [4.78, 5) is 12.4. The lowest BCUT2D eigenvalue weighted by Gasteiger charge is -2.26. The zero-order chi connectivity index (χ0) is 16.5. The van der Waals surface area contributed by atoms with Gasteiger partial charge in [0, 0.05) is 17.8 Å². The second-order valence-corrected chi connectivity index (χ2v) is 6.34. The van der Waals surface area contributed by atoms with E-state index in [1.165, 1.54) is 0 Å². The molecule has 0 unspecified atom stereocenters. The molecule has 0 radical (unpaired) electrons. The Morgan fingerprint density at radius 3 is 2.71 bits per heavy atom. The van der Waals surface area contributed by atoms with Crippen molar-refractivity contribution in [1.29, 1.82) is 0 Å². The quantitative estimate of drug-likeness (QED) is 0.594. The summed E-state index contributed by atoms with van der Waals surface area (Å²) >= 11 is 0. The van der Waals surface area contributed by atoms with Crippen molar-refractivity contribution >= 4 is 16.9 Å². The summed E-state index contributed by atoms with van der Waals surface area (Å²) in [6, 6.07) is 9.21. The molecule has 3 aromatic rings. The van der Waals surface area contributed by atoms with E-state index in [1.54, 1.807) is 18.2 Å². The molecule has 0 aliphatic heterocycles. The molecule has 0 spiro atoms. The number of hydrogen-bond acceptors (Lipinski definition) is 5. The molecule has 6 heteroatoms. The van der Waals surface area contributed by atoms with E-state index in [0.29, 0.717) is 11.9 Å². The van der Waals surface area contributed by atoms with Crippen LogP contribution in [0.25, 0.3) is 22.4 Å². The van der Waals surface area contributed by atoms with Gasteiger partial charge in [0.15, 0.2) is 5.82 Å². The van der Waals surface area contributed by atoms with Crippen LogP contribution < -0.4 is 5.32 Å². The van der Waals surface area contributed by atoms with Crippen molar-refractivity contribution in [2.75, 3.05) is 5.32 Å². The SMILES string of the molecule is Oc1cccc(-c2nc(N[C@H]3CC[C@H](O)CC3)c3cc[nH]c3n2)c1. The number of aromatic amines is 1. The maximum atomic E-state index is 9.70. The molecule has 1 saturated carbocycles. The Kier molecular flexibility index (Phi) is 3.82. The molecule has 124 valence electrons. The van der Waals surface area contributed by atoms with Crippen LogP contribution >= 0.6 is 0 Å². The zero-order valence-corrected chi connectivity index (χ0v) is 13.2. The van der Waals surface area contributed by atoms with Crippen molar-refractivity contribution < 1.29 is 10.2 Å². The van der Waals surface area contributed by atoms with E-state index in [9.17, 15) is 10.2 Å². The summed E-state index contributed by atoms with van der Waals surface area (Å²) in [6.07, 6.45) is 5.17. The molecule has 1 aliphatic carbocycles. The van der Waals surface area contributed by atoms with Crippen LogP contribution in [0, 0.1) is 0 Å². The third-order valence-electron chi connectivity index (χ3n) is 4.56. The van der Waals surface area contributed by atoms with Gasteiger partial charge in [-0.15, -0.1) is 0 Å². The van der Waals surface area contributed by atoms with Gasteiger partial charge in [0.2, 0.25) is 0 Å². The maximum absolute atomic E-state index is 9.70. The fraction of sp³-hybridized carbons (Fsp3) is 0.333. The number of nitrogens with zero attached hydrogens (tertiary/aromatic N) is 2. The van der Waals surface area contributed by atoms with Gasteiger partial charge in [0.25, 0.3) is 0 Å². The first-order chi connectivity index (χ1) is 11.7. The number of phenolic OH excluding ortho intramolecular Hbond substituents is 1. The second-order valence-electron chi connectivity index (χ2n) is 6.34. The number of anilines is 1. The molecule has 1 aliphatic rings. The number of nitrogens with one attached hydrogen (secondary N) is 2. The first kappa shape index (κ1) is 15.0. The number of benzene rings is 1. The van der Waals surface area contributed by atoms with Crippen LogP contribution in [0.2, 0.25) is 0 Å². The first-order valence-corrected chi connectivity index (χ1v) is 8.28. The van der Waals surface area contributed by atoms with Crippen LogP contribution in [0.4, 0.5) is 5.82 Å². The average molecular weight is 324 g/mol. The first-order valence-electron chi connectivity index (χ1n) is 8.28. The van der Waals surface area contributed by atoms with Gasteiger partial charge in [-0.3, -0.25) is 0 Å². The molecule has 4 N–H and O–H groups in total. The number of fused-ring (bicyclic) bond motifs is 1. The number of hydrogen-bond donors (Lipinski definition) is 4. The number of aliphatic hydroxyl groups is 1. The molecule has 4 rings (SSSR count). The van der Waals surface area contributed by atoms with Crippen LogP contribution in [-0.2, 0) is 0 Å². The number of aromatic hydroxyl groups is 1. The molecule has 0 bridgehead atoms. The Morgan fingerprint density at radius 1 is 1.08 bits per heavy atom. The summed E-state index contributed by atoms with van der Waals surface area (Å²) in [5.41, 5.74) is 1.54. The normalized spacial score (nSPS) is 21.0. The van der Waals surface area contributed by atoms with Gasteiger partial charge in [-0.1, -0.05) is 12.1 Å². The van der Waals surface area contributed by atoms with Crippen LogP contribution in [-0.4, -0.2) is 37.3 Å². The Bertz CT molecular complexity index is 853. The van der Waals surface area contributed by atoms with Crippen molar-refractivity contribution in [1.82, 2.24) is 15.0 Å². The minimum Gasteiger partial charge on any atom is -0.508 e. The Labute approximate surface area is 139 Å². The Balaban J connectivity index is 1.70. The van der Waals surface area contributed by atoms with E-state index >= 15 is 0 Å². The lowest BCUT2D eigenvalue weighted by atomic mass is 9.93. The fourth-order valence-corrected chi connectivity index (χ4v) is 3.24. The van der Waals surface area contributed by atoms with Crippen molar-refractivity contribution in [3.63, 3.8) is 0 Å². The molecule has 1 aromatic carbocycles. The van der Waals surface area contributed by atoms with Crippen LogP contribution in [0.3, 0.4) is 0 Å². The van der Waals surface area contributed by atoms with Gasteiger partial charge in [0.05, 0.1) is 11.5 Å². The van der Waals surface area contributed by atoms with E-state index in [-0.39, 0.29) is 11.9 Å². The van der Waals surface area contributed by atoms with Crippen molar-refractivity contribution in [3.8, 4) is 17.1 Å². The summed E-state index contributed by atoms with van der Waals surface area (Å²) in [5.74, 6) is 1.55. The number of H-pyrrole nitrogens is 1. The predicted octanol–water partition coefficient (Wildman–Crippen LogP) is 3.05. The number of aliphatic hydroxyl groups excluding tert-OH is 1. The average Bonchev–Trinajstić information content (AvgIpc) is 3.06. The molecule has 6 nitrogen and oxygen atoms in total. The standard InChI is InChI=1S/C18H20N4O2/c23-13-6-4-12(5-7-13)20-18-15-8-9-19-17(15)21-16(22-18)11-2-1-3-14(24)10-11/h1-3,8-10,12-13,23-24H,4-7H2,(H2,19,20,21,22)/t12-,13-. The highest BCUT2D eigenvalue weighted by atomic mass is 16.3. The lowest BCUT2D eigenvalue weighted by Crippen LogP contribution is -2.28. The van der Waals surface area contributed by atoms with E-state index in [4.69, 9.17) is 0 Å². The third kappa shape index (κ3) is 2.92. The second kappa shape index (κ2) is 6.13. The zero-order valence-electron chi connectivity index (χ0n) is 13.2. The van der Waals surface area contributed by atoms with Crippen molar-refractivity contribution in [2.24, 2.45) is 0 Å². The minimum atomic E-state index is -0.177. The van der Waals surface area contributed by atoms with Gasteiger partial charge >= 0.3 is 0 Å². The van der Waals surface area contributed by atoms with Crippen LogP contribution in [0.5, 0.6) is 5.75 Å². The maximum Gasteiger partial charge on any atom is 0.164 e. The largest absolute Gasteiger partial charge is 0.508 e. The highest BCUT2D eigenvalue weighted by molar-refractivity contribution is 5.88. The monoisotopic (exact) mass is 324 g/mol. The number of phenols is 1. The van der Waals surface area contributed by atoms with E-state index in [2.05, 4.69) is 20.3 Å². The summed E-state index contributed by atoms with van der Waals surface area (Å²) in [7, 11) is 0. The van der Waals surface area contributed by atoms with Crippen molar-refractivity contribution in [3.05, 3.63) is 36.5 Å². The van der Waals surface area contributed by atoms with Gasteiger partial charge in [0.1, 0.15) is 17.2 Å². The molecular formula is C18H20N4O2. The summed E-state index contributed by atoms with van der Waals surface area (Å²) < 4.78 is 0. The van der Waals surface area contributed by atoms with Gasteiger partial charge in [-0.25, -0.2) is 9.97 Å². The van der Waals surface area contributed by atoms with Crippen molar-refractivity contribution in [2.45, 2.75) is 37.8 Å². The van der Waals surface area contributed by atoms with E-state index in [1.807, 2.05) is 18.3 Å². The highest BCUT2D eigenvalue weighted by Crippen LogP contribution is 2.28. The third-order valence-corrected chi connectivity index (χ3v) is 4.56. The molecule has 2 aromatic heterocycles. The van der Waals surface area contributed by atoms with E-state index in [0.717, 1.165) is 48.1 Å². The van der Waals surface area contributed by atoms with Gasteiger partial charge in [-0.2, -0.15) is 0 Å². The molecular weight excluding hydrogens is 304 g/mol. The smallest absolute Gasteiger partial charge is 0.164 e. The van der Waals surface area contributed by atoms with Gasteiger partial charge in [-0.05, 0) is 43.9 Å². The Hall–Kier alpha value is -2.60. The topological polar surface area (TPSA) is 94.1 Å². The molecule has 2 heterocycles. The minimum absolute atomic E-state index is 0.177. The molecule has 1 fully saturated rings. The van der Waals surface area contributed by atoms with Crippen LogP contribution in [0.15, 0.2) is 36.5 Å². The fourth-order valence-electron chi connectivity index (χ4n) is 3.24. The predicted molar refractivity (Wildman–Crippen MR) is 92.9 cm³/mol.